The maximum atomic E-state index is 13.2. The number of amides is 1. The number of hydrogen-bond donors (Lipinski definition) is 1. The van der Waals surface area contributed by atoms with Crippen molar-refractivity contribution < 1.29 is 17.9 Å². The van der Waals surface area contributed by atoms with Crippen molar-refractivity contribution >= 4 is 44.8 Å². The van der Waals surface area contributed by atoms with Crippen molar-refractivity contribution in [3.8, 4) is 5.75 Å². The number of carbonyl (C=O) groups is 1. The van der Waals surface area contributed by atoms with Gasteiger partial charge in [0, 0.05) is 17.3 Å². The molecule has 0 atom stereocenters. The van der Waals surface area contributed by atoms with E-state index in [9.17, 15) is 13.2 Å². The second-order valence-corrected chi connectivity index (χ2v) is 9.39. The number of halogens is 2. The van der Waals surface area contributed by atoms with E-state index in [0.29, 0.717) is 21.5 Å². The lowest BCUT2D eigenvalue weighted by atomic mass is 10.2. The number of sulfonamides is 1. The quantitative estimate of drug-likeness (QED) is 0.502. The number of benzene rings is 3. The van der Waals surface area contributed by atoms with Gasteiger partial charge in [0.25, 0.3) is 0 Å². The minimum Gasteiger partial charge on any atom is -0.495 e. The van der Waals surface area contributed by atoms with Gasteiger partial charge in [-0.05, 0) is 48.0 Å². The third-order valence-corrected chi connectivity index (χ3v) is 6.76. The summed E-state index contributed by atoms with van der Waals surface area (Å²) >= 11 is 12.0. The van der Waals surface area contributed by atoms with Crippen LogP contribution in [0.2, 0.25) is 10.0 Å². The Morgan fingerprint density at radius 1 is 1.00 bits per heavy atom. The lowest BCUT2D eigenvalue weighted by Gasteiger charge is -2.22. The average molecular weight is 479 g/mol. The van der Waals surface area contributed by atoms with E-state index in [1.54, 1.807) is 24.3 Å². The summed E-state index contributed by atoms with van der Waals surface area (Å²) in [6.45, 7) is -0.355. The molecule has 0 aliphatic carbocycles. The van der Waals surface area contributed by atoms with Crippen LogP contribution >= 0.6 is 23.2 Å². The van der Waals surface area contributed by atoms with Gasteiger partial charge in [-0.25, -0.2) is 8.42 Å². The number of hydrogen-bond acceptors (Lipinski definition) is 4. The van der Waals surface area contributed by atoms with Crippen molar-refractivity contribution in [1.29, 1.82) is 0 Å². The fraction of sp³-hybridized carbons (Fsp3) is 0.136. The highest BCUT2D eigenvalue weighted by molar-refractivity contribution is 7.89. The van der Waals surface area contributed by atoms with Gasteiger partial charge >= 0.3 is 0 Å². The monoisotopic (exact) mass is 478 g/mol. The highest BCUT2D eigenvalue weighted by Gasteiger charge is 2.27. The van der Waals surface area contributed by atoms with Crippen LogP contribution in [0.4, 0.5) is 5.69 Å². The average Bonchev–Trinajstić information content (AvgIpc) is 2.74. The van der Waals surface area contributed by atoms with Crippen molar-refractivity contribution in [1.82, 2.24) is 4.31 Å². The zero-order valence-corrected chi connectivity index (χ0v) is 18.9. The minimum atomic E-state index is -3.95. The van der Waals surface area contributed by atoms with E-state index in [4.69, 9.17) is 27.9 Å². The van der Waals surface area contributed by atoms with Crippen LogP contribution in [0.15, 0.2) is 77.7 Å². The lowest BCUT2D eigenvalue weighted by Crippen LogP contribution is -2.37. The van der Waals surface area contributed by atoms with E-state index in [-0.39, 0.29) is 18.0 Å². The summed E-state index contributed by atoms with van der Waals surface area (Å²) < 4.78 is 32.7. The van der Waals surface area contributed by atoms with Gasteiger partial charge in [0.1, 0.15) is 5.75 Å². The molecule has 1 amide bonds. The van der Waals surface area contributed by atoms with E-state index >= 15 is 0 Å². The molecule has 162 valence electrons. The Kier molecular flexibility index (Phi) is 7.56. The predicted molar refractivity (Wildman–Crippen MR) is 122 cm³/mol. The molecule has 0 radical (unpaired) electrons. The summed E-state index contributed by atoms with van der Waals surface area (Å²) in [5.41, 5.74) is 1.18. The Labute approximate surface area is 191 Å². The molecule has 0 unspecified atom stereocenters. The Balaban J connectivity index is 1.84. The zero-order valence-electron chi connectivity index (χ0n) is 16.6. The van der Waals surface area contributed by atoms with Crippen LogP contribution in [0.25, 0.3) is 0 Å². The Hall–Kier alpha value is -2.58. The van der Waals surface area contributed by atoms with E-state index < -0.39 is 15.9 Å². The first-order valence-electron chi connectivity index (χ1n) is 9.22. The molecule has 0 aliphatic rings. The fourth-order valence-corrected chi connectivity index (χ4v) is 4.64. The molecule has 0 heterocycles. The van der Waals surface area contributed by atoms with E-state index in [2.05, 4.69) is 5.32 Å². The molecule has 0 bridgehead atoms. The van der Waals surface area contributed by atoms with Gasteiger partial charge in [0.15, 0.2) is 0 Å². The van der Waals surface area contributed by atoms with Crippen LogP contribution in [-0.2, 0) is 21.4 Å². The molecular weight excluding hydrogens is 459 g/mol. The van der Waals surface area contributed by atoms with Crippen molar-refractivity contribution in [2.24, 2.45) is 0 Å². The summed E-state index contributed by atoms with van der Waals surface area (Å²) in [5, 5.41) is 3.42. The SMILES string of the molecule is COc1ccc(NC(=O)CN(Cc2ccccc2)S(=O)(=O)c2ccc(Cl)cc2)cc1Cl. The molecule has 9 heteroatoms. The third kappa shape index (κ3) is 5.98. The molecule has 6 nitrogen and oxygen atoms in total. The Morgan fingerprint density at radius 3 is 2.29 bits per heavy atom. The van der Waals surface area contributed by atoms with Gasteiger partial charge in [0.2, 0.25) is 15.9 Å². The molecule has 31 heavy (non-hydrogen) atoms. The highest BCUT2D eigenvalue weighted by Crippen LogP contribution is 2.27. The molecule has 3 rings (SSSR count). The molecule has 0 fully saturated rings. The van der Waals surface area contributed by atoms with Crippen LogP contribution in [0.1, 0.15) is 5.56 Å². The molecule has 1 N–H and O–H groups in total. The van der Waals surface area contributed by atoms with Crippen molar-refractivity contribution in [3.05, 3.63) is 88.4 Å². The maximum absolute atomic E-state index is 13.2. The summed E-state index contributed by atoms with van der Waals surface area (Å²) in [7, 11) is -2.47. The summed E-state index contributed by atoms with van der Waals surface area (Å²) in [6, 6.07) is 19.6. The molecule has 0 spiro atoms. The van der Waals surface area contributed by atoms with E-state index in [0.717, 1.165) is 9.87 Å². The van der Waals surface area contributed by atoms with Crippen LogP contribution in [0.5, 0.6) is 5.75 Å². The van der Waals surface area contributed by atoms with Gasteiger partial charge in [-0.15, -0.1) is 0 Å². The standard InChI is InChI=1S/C22H20Cl2N2O4S/c1-30-21-12-9-18(13-20(21)24)25-22(27)15-26(14-16-5-3-2-4-6-16)31(28,29)19-10-7-17(23)8-11-19/h2-13H,14-15H2,1H3,(H,25,27). The minimum absolute atomic E-state index is 0.0303. The van der Waals surface area contributed by atoms with E-state index in [1.165, 1.54) is 37.4 Å². The normalized spacial score (nSPS) is 11.4. The fourth-order valence-electron chi connectivity index (χ4n) is 2.87. The molecule has 3 aromatic carbocycles. The van der Waals surface area contributed by atoms with Gasteiger partial charge in [-0.3, -0.25) is 4.79 Å². The maximum Gasteiger partial charge on any atom is 0.243 e. The second kappa shape index (κ2) is 10.2. The topological polar surface area (TPSA) is 75.7 Å². The van der Waals surface area contributed by atoms with Crippen LogP contribution in [0, 0.1) is 0 Å². The van der Waals surface area contributed by atoms with Crippen molar-refractivity contribution in [2.75, 3.05) is 19.0 Å². The van der Waals surface area contributed by atoms with Crippen LogP contribution in [0.3, 0.4) is 0 Å². The van der Waals surface area contributed by atoms with Crippen LogP contribution in [-0.4, -0.2) is 32.3 Å². The lowest BCUT2D eigenvalue weighted by molar-refractivity contribution is -0.116. The third-order valence-electron chi connectivity index (χ3n) is 4.41. The second-order valence-electron chi connectivity index (χ2n) is 6.61. The van der Waals surface area contributed by atoms with Gasteiger partial charge in [-0.2, -0.15) is 4.31 Å². The number of anilines is 1. The summed E-state index contributed by atoms with van der Waals surface area (Å²) in [4.78, 5) is 12.7. The number of nitrogens with zero attached hydrogens (tertiary/aromatic N) is 1. The van der Waals surface area contributed by atoms with Gasteiger partial charge < -0.3 is 10.1 Å². The smallest absolute Gasteiger partial charge is 0.243 e. The number of rotatable bonds is 8. The molecule has 0 saturated heterocycles. The number of ether oxygens (including phenoxy) is 1. The number of nitrogens with one attached hydrogen (secondary N) is 1. The molecule has 0 aromatic heterocycles. The predicted octanol–water partition coefficient (Wildman–Crippen LogP) is 4.83. The molecule has 0 saturated carbocycles. The Morgan fingerprint density at radius 2 is 1.68 bits per heavy atom. The Bertz CT molecular complexity index is 1150. The first kappa shape index (κ1) is 23.1. The van der Waals surface area contributed by atoms with Crippen LogP contribution < -0.4 is 10.1 Å². The number of methoxy groups -OCH3 is 1. The highest BCUT2D eigenvalue weighted by atomic mass is 35.5. The molecule has 0 aliphatic heterocycles. The molecule has 3 aromatic rings. The van der Waals surface area contributed by atoms with Gasteiger partial charge in [-0.1, -0.05) is 53.5 Å². The van der Waals surface area contributed by atoms with Crippen molar-refractivity contribution in [3.63, 3.8) is 0 Å². The summed E-state index contributed by atoms with van der Waals surface area (Å²) in [6.07, 6.45) is 0. The summed E-state index contributed by atoms with van der Waals surface area (Å²) in [5.74, 6) is -0.0367. The largest absolute Gasteiger partial charge is 0.495 e. The van der Waals surface area contributed by atoms with E-state index in [1.807, 2.05) is 18.2 Å². The first-order chi connectivity index (χ1) is 14.8. The first-order valence-corrected chi connectivity index (χ1v) is 11.4. The zero-order chi connectivity index (χ0) is 22.4. The van der Waals surface area contributed by atoms with Crippen molar-refractivity contribution in [2.45, 2.75) is 11.4 Å². The van der Waals surface area contributed by atoms with Gasteiger partial charge in [0.05, 0.1) is 23.6 Å². The number of carbonyl (C=O) groups excluding carboxylic acids is 1. The molecular formula is C22H20Cl2N2O4S.